The molecule has 0 amide bonds. The zero-order valence-corrected chi connectivity index (χ0v) is 8.19. The van der Waals surface area contributed by atoms with E-state index in [9.17, 15) is 4.79 Å². The van der Waals surface area contributed by atoms with Gasteiger partial charge in [0.15, 0.2) is 11.4 Å². The Bertz CT molecular complexity index is 487. The molecule has 72 valence electrons. The van der Waals surface area contributed by atoms with E-state index in [1.807, 2.05) is 17.5 Å². The van der Waals surface area contributed by atoms with Crippen LogP contribution in [0.25, 0.3) is 5.65 Å². The van der Waals surface area contributed by atoms with Gasteiger partial charge < -0.3 is 0 Å². The van der Waals surface area contributed by atoms with Crippen LogP contribution in [0.5, 0.6) is 0 Å². The van der Waals surface area contributed by atoms with Gasteiger partial charge >= 0.3 is 0 Å². The van der Waals surface area contributed by atoms with E-state index in [0.717, 1.165) is 17.9 Å². The van der Waals surface area contributed by atoms with Gasteiger partial charge in [-0.05, 0) is 19.1 Å². The van der Waals surface area contributed by atoms with Gasteiger partial charge in [-0.25, -0.2) is 0 Å². The number of fused-ring (bicyclic) bond motifs is 1. The molecule has 14 heavy (non-hydrogen) atoms. The fraction of sp³-hybridized carbons (Fsp3) is 0.300. The van der Waals surface area contributed by atoms with Gasteiger partial charge in [0.2, 0.25) is 0 Å². The Hall–Kier alpha value is -1.71. The predicted molar refractivity (Wildman–Crippen MR) is 52.4 cm³/mol. The monoisotopic (exact) mass is 189 g/mol. The van der Waals surface area contributed by atoms with E-state index in [1.165, 1.54) is 0 Å². The number of carbonyl (C=O) groups excluding carboxylic acids is 1. The molecule has 0 aliphatic carbocycles. The van der Waals surface area contributed by atoms with Gasteiger partial charge in [-0.15, -0.1) is 10.2 Å². The Morgan fingerprint density at radius 2 is 2.29 bits per heavy atom. The average Bonchev–Trinajstić information content (AvgIpc) is 2.59. The quantitative estimate of drug-likeness (QED) is 0.672. The van der Waals surface area contributed by atoms with Crippen molar-refractivity contribution in [2.24, 2.45) is 0 Å². The van der Waals surface area contributed by atoms with Crippen LogP contribution >= 0.6 is 0 Å². The van der Waals surface area contributed by atoms with Gasteiger partial charge in [-0.1, -0.05) is 6.92 Å². The molecular weight excluding hydrogens is 178 g/mol. The zero-order valence-electron chi connectivity index (χ0n) is 8.19. The summed E-state index contributed by atoms with van der Waals surface area (Å²) in [6, 6.07) is 3.55. The van der Waals surface area contributed by atoms with Gasteiger partial charge in [0.05, 0.1) is 0 Å². The molecule has 0 aromatic carbocycles. The average molecular weight is 189 g/mol. The molecule has 0 N–H and O–H groups in total. The minimum absolute atomic E-state index is 0.0496. The predicted octanol–water partition coefficient (Wildman–Crippen LogP) is 1.49. The van der Waals surface area contributed by atoms with Crippen molar-refractivity contribution < 1.29 is 4.79 Å². The van der Waals surface area contributed by atoms with Crippen molar-refractivity contribution in [2.75, 3.05) is 0 Å². The third kappa shape index (κ3) is 1.28. The van der Waals surface area contributed by atoms with Crippen molar-refractivity contribution in [1.29, 1.82) is 0 Å². The first-order valence-corrected chi connectivity index (χ1v) is 4.57. The highest BCUT2D eigenvalue weighted by atomic mass is 16.1. The van der Waals surface area contributed by atoms with Crippen LogP contribution in [0.15, 0.2) is 18.3 Å². The molecule has 2 rings (SSSR count). The Morgan fingerprint density at radius 3 is 2.93 bits per heavy atom. The molecule has 0 atom stereocenters. The van der Waals surface area contributed by atoms with Crippen molar-refractivity contribution in [1.82, 2.24) is 14.6 Å². The van der Waals surface area contributed by atoms with Gasteiger partial charge in [-0.2, -0.15) is 0 Å². The van der Waals surface area contributed by atoms with Gasteiger partial charge in [0.25, 0.3) is 0 Å². The van der Waals surface area contributed by atoms with Crippen LogP contribution in [-0.4, -0.2) is 20.4 Å². The summed E-state index contributed by atoms with van der Waals surface area (Å²) in [7, 11) is 0. The number of nitrogens with zero attached hydrogens (tertiary/aromatic N) is 3. The standard InChI is InChI=1S/C10H11N3O/c1-3-9-11-12-10-6-8(7(2)14)4-5-13(9)10/h4-6H,3H2,1-2H3. The summed E-state index contributed by atoms with van der Waals surface area (Å²) in [6.07, 6.45) is 2.67. The lowest BCUT2D eigenvalue weighted by Crippen LogP contribution is -1.96. The molecule has 0 fully saturated rings. The van der Waals surface area contributed by atoms with Crippen LogP contribution in [0.2, 0.25) is 0 Å². The number of pyridine rings is 1. The number of Topliss-reactive ketones (excluding diaryl/α,β-unsaturated/α-hetero) is 1. The van der Waals surface area contributed by atoms with Crippen molar-refractivity contribution in [3.63, 3.8) is 0 Å². The SMILES string of the molecule is CCc1nnc2cc(C(C)=O)ccn12. The number of hydrogen-bond donors (Lipinski definition) is 0. The smallest absolute Gasteiger partial charge is 0.161 e. The van der Waals surface area contributed by atoms with Gasteiger partial charge in [0.1, 0.15) is 5.82 Å². The summed E-state index contributed by atoms with van der Waals surface area (Å²) < 4.78 is 1.90. The highest BCUT2D eigenvalue weighted by molar-refractivity contribution is 5.94. The van der Waals surface area contributed by atoms with Crippen LogP contribution in [0, 0.1) is 0 Å². The Labute approximate surface area is 81.6 Å². The Kier molecular flexibility index (Phi) is 2.04. The maximum Gasteiger partial charge on any atom is 0.161 e. The number of ketones is 1. The largest absolute Gasteiger partial charge is 0.295 e. The van der Waals surface area contributed by atoms with Crippen LogP contribution < -0.4 is 0 Å². The van der Waals surface area contributed by atoms with E-state index in [-0.39, 0.29) is 5.78 Å². The van der Waals surface area contributed by atoms with Crippen LogP contribution in [0.3, 0.4) is 0 Å². The highest BCUT2D eigenvalue weighted by Crippen LogP contribution is 2.08. The molecule has 0 aliphatic heterocycles. The number of carbonyl (C=O) groups is 1. The molecular formula is C10H11N3O. The topological polar surface area (TPSA) is 47.3 Å². The minimum Gasteiger partial charge on any atom is -0.295 e. The maximum atomic E-state index is 11.1. The zero-order chi connectivity index (χ0) is 10.1. The van der Waals surface area contributed by atoms with E-state index < -0.39 is 0 Å². The van der Waals surface area contributed by atoms with E-state index in [2.05, 4.69) is 10.2 Å². The lowest BCUT2D eigenvalue weighted by Gasteiger charge is -1.98. The molecule has 2 aromatic rings. The minimum atomic E-state index is 0.0496. The molecule has 4 nitrogen and oxygen atoms in total. The lowest BCUT2D eigenvalue weighted by molar-refractivity contribution is 0.101. The molecule has 0 spiro atoms. The summed E-state index contributed by atoms with van der Waals surface area (Å²) in [5, 5.41) is 8.01. The summed E-state index contributed by atoms with van der Waals surface area (Å²) in [6.45, 7) is 3.57. The fourth-order valence-corrected chi connectivity index (χ4v) is 1.40. The van der Waals surface area contributed by atoms with Crippen molar-refractivity contribution in [3.05, 3.63) is 29.7 Å². The van der Waals surface area contributed by atoms with Gasteiger partial charge in [0, 0.05) is 18.2 Å². The lowest BCUT2D eigenvalue weighted by atomic mass is 10.2. The Balaban J connectivity index is 2.63. The second-order valence-electron chi connectivity index (χ2n) is 3.17. The number of hydrogen-bond acceptors (Lipinski definition) is 3. The van der Waals surface area contributed by atoms with Crippen molar-refractivity contribution in [3.8, 4) is 0 Å². The van der Waals surface area contributed by atoms with E-state index in [0.29, 0.717) is 5.56 Å². The molecule has 0 bridgehead atoms. The summed E-state index contributed by atoms with van der Waals surface area (Å²) in [5.41, 5.74) is 1.40. The fourth-order valence-electron chi connectivity index (χ4n) is 1.40. The summed E-state index contributed by atoms with van der Waals surface area (Å²) >= 11 is 0. The second-order valence-corrected chi connectivity index (χ2v) is 3.17. The van der Waals surface area contributed by atoms with Crippen molar-refractivity contribution in [2.45, 2.75) is 20.3 Å². The van der Waals surface area contributed by atoms with Crippen LogP contribution in [-0.2, 0) is 6.42 Å². The molecule has 4 heteroatoms. The maximum absolute atomic E-state index is 11.1. The summed E-state index contributed by atoms with van der Waals surface area (Å²) in [4.78, 5) is 11.1. The van der Waals surface area contributed by atoms with E-state index in [1.54, 1.807) is 19.1 Å². The number of aromatic nitrogens is 3. The molecule has 0 radical (unpaired) electrons. The molecule has 0 unspecified atom stereocenters. The molecule has 2 heterocycles. The van der Waals surface area contributed by atoms with Crippen LogP contribution in [0.4, 0.5) is 0 Å². The number of aryl methyl sites for hydroxylation is 1. The summed E-state index contributed by atoms with van der Waals surface area (Å²) in [5.74, 6) is 0.962. The molecule has 0 saturated carbocycles. The first-order chi connectivity index (χ1) is 6.72. The second kappa shape index (κ2) is 3.21. The highest BCUT2D eigenvalue weighted by Gasteiger charge is 2.05. The molecule has 0 saturated heterocycles. The van der Waals surface area contributed by atoms with Crippen LogP contribution in [0.1, 0.15) is 30.0 Å². The normalized spacial score (nSPS) is 10.7. The third-order valence-corrected chi connectivity index (χ3v) is 2.20. The Morgan fingerprint density at radius 1 is 1.50 bits per heavy atom. The van der Waals surface area contributed by atoms with Crippen molar-refractivity contribution >= 4 is 11.4 Å². The van der Waals surface area contributed by atoms with E-state index in [4.69, 9.17) is 0 Å². The molecule has 0 aliphatic rings. The first kappa shape index (κ1) is 8.87. The first-order valence-electron chi connectivity index (χ1n) is 4.57. The third-order valence-electron chi connectivity index (χ3n) is 2.20. The number of rotatable bonds is 2. The molecule has 2 aromatic heterocycles. The van der Waals surface area contributed by atoms with Gasteiger partial charge in [-0.3, -0.25) is 9.20 Å². The van der Waals surface area contributed by atoms with E-state index >= 15 is 0 Å².